The molecule has 1 N–H and O–H groups in total. The second-order valence-corrected chi connectivity index (χ2v) is 14.0. The fourth-order valence-corrected chi connectivity index (χ4v) is 6.40. The number of unbranched alkanes of at least 4 members (excludes halogenated alkanes) is 1. The summed E-state index contributed by atoms with van der Waals surface area (Å²) in [5, 5.41) is 4.52. The Kier molecular flexibility index (Phi) is 10.9. The lowest BCUT2D eigenvalue weighted by atomic mass is 10.2. The van der Waals surface area contributed by atoms with Gasteiger partial charge in [0.25, 0.3) is 5.56 Å². The predicted molar refractivity (Wildman–Crippen MR) is 171 cm³/mol. The van der Waals surface area contributed by atoms with Gasteiger partial charge in [0.05, 0.1) is 30.6 Å². The number of aromatic nitrogens is 5. The first-order valence-corrected chi connectivity index (χ1v) is 17.0. The lowest BCUT2D eigenvalue weighted by molar-refractivity contribution is 0.0292. The van der Waals surface area contributed by atoms with E-state index in [9.17, 15) is 18.0 Å². The molecule has 45 heavy (non-hydrogen) atoms. The van der Waals surface area contributed by atoms with Crippen molar-refractivity contribution in [2.24, 2.45) is 0 Å². The number of aromatic amines is 1. The predicted octanol–water partition coefficient (Wildman–Crippen LogP) is 3.12. The van der Waals surface area contributed by atoms with Gasteiger partial charge >= 0.3 is 6.09 Å². The van der Waals surface area contributed by atoms with Crippen LogP contribution in [0.2, 0.25) is 0 Å². The van der Waals surface area contributed by atoms with Crippen LogP contribution in [-0.2, 0) is 27.7 Å². The minimum atomic E-state index is -3.85. The third-order valence-electron chi connectivity index (χ3n) is 7.62. The van der Waals surface area contributed by atoms with Crippen LogP contribution in [0, 0.1) is 0 Å². The number of fused-ring (bicyclic) bond motifs is 1. The van der Waals surface area contributed by atoms with Crippen LogP contribution in [0.25, 0.3) is 22.4 Å². The van der Waals surface area contributed by atoms with Gasteiger partial charge in [0.1, 0.15) is 21.8 Å². The third kappa shape index (κ3) is 8.00. The normalized spacial score (nSPS) is 15.0. The van der Waals surface area contributed by atoms with Gasteiger partial charge < -0.3 is 24.3 Å². The highest BCUT2D eigenvalue weighted by Crippen LogP contribution is 2.30. The molecule has 0 unspecified atom stereocenters. The molecule has 1 amide bonds. The number of likely N-dealkylation sites (N-methyl/N-ethyl adjacent to an activating group) is 2. The van der Waals surface area contributed by atoms with Gasteiger partial charge in [-0.15, -0.1) is 0 Å². The molecular formula is C30H46N8O6S. The zero-order chi connectivity index (χ0) is 32.9. The molecule has 3 aromatic heterocycles. The Bertz CT molecular complexity index is 1660. The smallest absolute Gasteiger partial charge is 0.410 e. The van der Waals surface area contributed by atoms with Crippen molar-refractivity contribution >= 4 is 27.1 Å². The van der Waals surface area contributed by atoms with Gasteiger partial charge in [-0.25, -0.2) is 23.2 Å². The average Bonchev–Trinajstić information content (AvgIpc) is 3.37. The van der Waals surface area contributed by atoms with Crippen molar-refractivity contribution in [3.63, 3.8) is 0 Å². The molecule has 1 saturated heterocycles. The van der Waals surface area contributed by atoms with Gasteiger partial charge in [0.15, 0.2) is 5.52 Å². The maximum absolute atomic E-state index is 13.7. The van der Waals surface area contributed by atoms with Crippen molar-refractivity contribution in [3.05, 3.63) is 28.3 Å². The molecule has 0 atom stereocenters. The standard InChI is InChI=1S/C30H46N8O6S/c1-8-11-18-43-28-22(19-21(20-31-28)45(41,42)37-15-13-36(10-3)14-16-37)26-32-24-23(9-2)38(34-25(24)27(39)33-26)17-12-35(7)29(40)44-30(4,5)6/h19-20H,8-18H2,1-7H3,(H,32,33,39). The Hall–Kier alpha value is -3.56. The fraction of sp³-hybridized carbons (Fsp3) is 0.633. The molecule has 3 aromatic rings. The number of amides is 1. The number of nitrogens with one attached hydrogen (secondary N) is 1. The van der Waals surface area contributed by atoms with Crippen LogP contribution in [-0.4, -0.2) is 112 Å². The number of aryl methyl sites for hydroxylation is 1. The van der Waals surface area contributed by atoms with E-state index in [2.05, 4.69) is 26.9 Å². The zero-order valence-corrected chi connectivity index (χ0v) is 28.2. The van der Waals surface area contributed by atoms with Gasteiger partial charge in [-0.3, -0.25) is 9.48 Å². The molecule has 0 aliphatic carbocycles. The fourth-order valence-electron chi connectivity index (χ4n) is 5.01. The Labute approximate surface area is 264 Å². The summed E-state index contributed by atoms with van der Waals surface area (Å²) in [6, 6.07) is 1.48. The summed E-state index contributed by atoms with van der Waals surface area (Å²) in [5.74, 6) is 0.324. The molecule has 1 aliphatic heterocycles. The summed E-state index contributed by atoms with van der Waals surface area (Å²) in [7, 11) is -2.21. The number of carbonyl (C=O) groups is 1. The van der Waals surface area contributed by atoms with E-state index >= 15 is 0 Å². The van der Waals surface area contributed by atoms with E-state index in [1.807, 2.05) is 13.8 Å². The van der Waals surface area contributed by atoms with Crippen LogP contribution >= 0.6 is 0 Å². The van der Waals surface area contributed by atoms with Crippen molar-refractivity contribution < 1.29 is 22.7 Å². The number of hydrogen-bond acceptors (Lipinski definition) is 10. The number of H-pyrrole nitrogens is 1. The molecule has 4 rings (SSSR count). The summed E-state index contributed by atoms with van der Waals surface area (Å²) in [6.07, 6.45) is 3.03. The second-order valence-electron chi connectivity index (χ2n) is 12.1. The van der Waals surface area contributed by atoms with E-state index in [4.69, 9.17) is 14.5 Å². The van der Waals surface area contributed by atoms with E-state index in [1.165, 1.54) is 21.5 Å². The van der Waals surface area contributed by atoms with Gasteiger partial charge in [-0.05, 0) is 46.2 Å². The number of pyridine rings is 1. The lowest BCUT2D eigenvalue weighted by Crippen LogP contribution is -2.48. The van der Waals surface area contributed by atoms with Crippen LogP contribution in [0.15, 0.2) is 22.0 Å². The van der Waals surface area contributed by atoms with Crippen molar-refractivity contribution in [2.75, 3.05) is 52.9 Å². The summed E-state index contributed by atoms with van der Waals surface area (Å²) < 4.78 is 41.8. The minimum absolute atomic E-state index is 0.00428. The van der Waals surface area contributed by atoms with Gasteiger partial charge in [0.2, 0.25) is 15.9 Å². The summed E-state index contributed by atoms with van der Waals surface area (Å²) in [6.45, 7) is 15.3. The van der Waals surface area contributed by atoms with Crippen LogP contribution in [0.5, 0.6) is 5.88 Å². The van der Waals surface area contributed by atoms with E-state index in [0.29, 0.717) is 63.5 Å². The topological polar surface area (TPSA) is 156 Å². The largest absolute Gasteiger partial charge is 0.477 e. The van der Waals surface area contributed by atoms with Crippen molar-refractivity contribution in [2.45, 2.75) is 77.8 Å². The number of nitrogens with zero attached hydrogens (tertiary/aromatic N) is 7. The highest BCUT2D eigenvalue weighted by Gasteiger charge is 2.30. The Morgan fingerprint density at radius 3 is 2.44 bits per heavy atom. The molecule has 14 nitrogen and oxygen atoms in total. The minimum Gasteiger partial charge on any atom is -0.477 e. The third-order valence-corrected chi connectivity index (χ3v) is 9.49. The first-order chi connectivity index (χ1) is 21.3. The second kappa shape index (κ2) is 14.3. The van der Waals surface area contributed by atoms with E-state index < -0.39 is 27.3 Å². The van der Waals surface area contributed by atoms with Crippen LogP contribution in [0.4, 0.5) is 4.79 Å². The molecule has 0 spiro atoms. The SMILES string of the molecule is CCCCOc1ncc(S(=O)(=O)N2CCN(CC)CC2)cc1-c1nc2c(CC)n(CCN(C)C(=O)OC(C)(C)C)nc2c(=O)[nH]1. The van der Waals surface area contributed by atoms with Crippen molar-refractivity contribution in [3.8, 4) is 17.3 Å². The van der Waals surface area contributed by atoms with Gasteiger partial charge in [0, 0.05) is 39.8 Å². The maximum Gasteiger partial charge on any atom is 0.410 e. The number of sulfonamides is 1. The summed E-state index contributed by atoms with van der Waals surface area (Å²) in [5.41, 5.74) is 0.413. The zero-order valence-electron chi connectivity index (χ0n) is 27.4. The summed E-state index contributed by atoms with van der Waals surface area (Å²) >= 11 is 0. The lowest BCUT2D eigenvalue weighted by Gasteiger charge is -2.33. The van der Waals surface area contributed by atoms with Crippen LogP contribution in [0.1, 0.15) is 60.1 Å². The molecule has 15 heteroatoms. The van der Waals surface area contributed by atoms with Crippen molar-refractivity contribution in [1.29, 1.82) is 0 Å². The molecular weight excluding hydrogens is 600 g/mol. The molecule has 0 aromatic carbocycles. The van der Waals surface area contributed by atoms with E-state index in [0.717, 1.165) is 19.4 Å². The number of hydrogen-bond donors (Lipinski definition) is 1. The van der Waals surface area contributed by atoms with Crippen LogP contribution < -0.4 is 10.3 Å². The Morgan fingerprint density at radius 1 is 1.11 bits per heavy atom. The van der Waals surface area contributed by atoms with Gasteiger partial charge in [-0.1, -0.05) is 27.2 Å². The number of ether oxygens (including phenoxy) is 2. The van der Waals surface area contributed by atoms with Gasteiger partial charge in [-0.2, -0.15) is 9.40 Å². The van der Waals surface area contributed by atoms with E-state index in [-0.39, 0.29) is 27.7 Å². The molecule has 4 heterocycles. The Morgan fingerprint density at radius 2 is 1.82 bits per heavy atom. The first kappa shape index (κ1) is 34.3. The highest BCUT2D eigenvalue weighted by molar-refractivity contribution is 7.89. The molecule has 248 valence electrons. The highest BCUT2D eigenvalue weighted by atomic mass is 32.2. The number of carbonyl (C=O) groups excluding carboxylic acids is 1. The number of rotatable bonds is 12. The maximum atomic E-state index is 13.7. The monoisotopic (exact) mass is 646 g/mol. The molecule has 1 fully saturated rings. The Balaban J connectivity index is 1.71. The first-order valence-electron chi connectivity index (χ1n) is 15.6. The molecule has 1 aliphatic rings. The molecule has 0 radical (unpaired) electrons. The number of piperazine rings is 1. The quantitative estimate of drug-likeness (QED) is 0.290. The van der Waals surface area contributed by atoms with Crippen molar-refractivity contribution in [1.82, 2.24) is 38.8 Å². The molecule has 0 bridgehead atoms. The summed E-state index contributed by atoms with van der Waals surface area (Å²) in [4.78, 5) is 41.4. The van der Waals surface area contributed by atoms with E-state index in [1.54, 1.807) is 32.5 Å². The average molecular weight is 647 g/mol. The molecule has 0 saturated carbocycles. The van der Waals surface area contributed by atoms with Crippen LogP contribution in [0.3, 0.4) is 0 Å².